The minimum atomic E-state index is -0.841. The van der Waals surface area contributed by atoms with Crippen LogP contribution in [0.2, 0.25) is 0 Å². The monoisotopic (exact) mass is 265 g/mol. The Kier molecular flexibility index (Phi) is 3.56. The van der Waals surface area contributed by atoms with E-state index in [-0.39, 0.29) is 11.8 Å². The van der Waals surface area contributed by atoms with Crippen molar-refractivity contribution in [3.63, 3.8) is 0 Å². The van der Waals surface area contributed by atoms with Gasteiger partial charge in [0.2, 0.25) is 0 Å². The lowest BCUT2D eigenvalue weighted by molar-refractivity contribution is -0.133. The average molecular weight is 265 g/mol. The van der Waals surface area contributed by atoms with E-state index in [4.69, 9.17) is 5.11 Å². The van der Waals surface area contributed by atoms with Gasteiger partial charge in [0.05, 0.1) is 5.75 Å². The summed E-state index contributed by atoms with van der Waals surface area (Å²) in [6, 6.07) is 2.10. The first kappa shape index (κ1) is 12.9. The van der Waals surface area contributed by atoms with Gasteiger partial charge < -0.3 is 9.67 Å². The molecule has 0 aromatic carbocycles. The normalized spacial score (nSPS) is 11.3. The molecule has 0 radical (unpaired) electrons. The van der Waals surface area contributed by atoms with E-state index < -0.39 is 5.97 Å². The van der Waals surface area contributed by atoms with Crippen LogP contribution in [-0.4, -0.2) is 31.4 Å². The fraction of sp³-hybridized carbons (Fsp3) is 0.417. The number of carboxylic acids is 1. The Morgan fingerprint density at radius 1 is 1.56 bits per heavy atom. The molecule has 18 heavy (non-hydrogen) atoms. The highest BCUT2D eigenvalue weighted by Gasteiger charge is 2.16. The van der Waals surface area contributed by atoms with Crippen molar-refractivity contribution in [3.8, 4) is 0 Å². The minimum absolute atomic E-state index is 0.00902. The first-order valence-corrected chi connectivity index (χ1v) is 6.67. The zero-order chi connectivity index (χ0) is 13.3. The standard InChI is InChI=1S/C12H15N3O2S/c1-7(2)15-11-10(8(3)4-5-13-11)14-12(15)18-6-9(16)17/h4-5,7H,6H2,1-3H3,(H,16,17). The number of nitrogens with zero attached hydrogens (tertiary/aromatic N) is 3. The van der Waals surface area contributed by atoms with Gasteiger partial charge in [-0.15, -0.1) is 0 Å². The van der Waals surface area contributed by atoms with Crippen LogP contribution < -0.4 is 0 Å². The Morgan fingerprint density at radius 2 is 2.28 bits per heavy atom. The molecule has 0 spiro atoms. The molecule has 0 saturated carbocycles. The Hall–Kier alpha value is -1.56. The molecule has 2 rings (SSSR count). The van der Waals surface area contributed by atoms with Crippen LogP contribution in [0, 0.1) is 6.92 Å². The van der Waals surface area contributed by atoms with E-state index in [9.17, 15) is 4.79 Å². The molecule has 2 aromatic heterocycles. The fourth-order valence-corrected chi connectivity index (χ4v) is 2.63. The van der Waals surface area contributed by atoms with Gasteiger partial charge in [0.1, 0.15) is 5.52 Å². The van der Waals surface area contributed by atoms with Crippen LogP contribution in [0.3, 0.4) is 0 Å². The number of hydrogen-bond acceptors (Lipinski definition) is 4. The number of imidazole rings is 1. The Morgan fingerprint density at radius 3 is 2.89 bits per heavy atom. The maximum atomic E-state index is 10.7. The molecule has 6 heteroatoms. The van der Waals surface area contributed by atoms with E-state index in [2.05, 4.69) is 9.97 Å². The number of hydrogen-bond donors (Lipinski definition) is 1. The van der Waals surface area contributed by atoms with Crippen molar-refractivity contribution < 1.29 is 9.90 Å². The van der Waals surface area contributed by atoms with Crippen molar-refractivity contribution in [1.29, 1.82) is 0 Å². The van der Waals surface area contributed by atoms with E-state index in [1.54, 1.807) is 6.20 Å². The molecule has 0 saturated heterocycles. The number of rotatable bonds is 4. The number of pyridine rings is 1. The molecule has 2 aromatic rings. The lowest BCUT2D eigenvalue weighted by Gasteiger charge is -2.11. The molecule has 0 aliphatic carbocycles. The summed E-state index contributed by atoms with van der Waals surface area (Å²) in [6.07, 6.45) is 1.75. The number of aromatic nitrogens is 3. The molecule has 5 nitrogen and oxygen atoms in total. The van der Waals surface area contributed by atoms with Gasteiger partial charge in [0, 0.05) is 12.2 Å². The third-order valence-corrected chi connectivity index (χ3v) is 3.53. The number of aryl methyl sites for hydroxylation is 1. The maximum absolute atomic E-state index is 10.7. The molecular weight excluding hydrogens is 250 g/mol. The summed E-state index contributed by atoms with van der Waals surface area (Å²) in [5, 5.41) is 9.47. The molecule has 0 fully saturated rings. The van der Waals surface area contributed by atoms with Crippen LogP contribution in [0.15, 0.2) is 17.4 Å². The van der Waals surface area contributed by atoms with Gasteiger partial charge in [0.25, 0.3) is 0 Å². The molecule has 1 N–H and O–H groups in total. The highest BCUT2D eigenvalue weighted by molar-refractivity contribution is 7.99. The van der Waals surface area contributed by atoms with E-state index >= 15 is 0 Å². The number of aliphatic carboxylic acids is 1. The van der Waals surface area contributed by atoms with E-state index in [0.29, 0.717) is 5.16 Å². The zero-order valence-corrected chi connectivity index (χ0v) is 11.4. The van der Waals surface area contributed by atoms with Crippen LogP contribution in [-0.2, 0) is 4.79 Å². The van der Waals surface area contributed by atoms with Gasteiger partial charge in [-0.3, -0.25) is 4.79 Å². The Labute approximate surface area is 109 Å². The number of carbonyl (C=O) groups is 1. The molecule has 0 aliphatic rings. The first-order chi connectivity index (χ1) is 8.50. The van der Waals surface area contributed by atoms with E-state index in [1.807, 2.05) is 31.4 Å². The van der Waals surface area contributed by atoms with Crippen LogP contribution >= 0.6 is 11.8 Å². The van der Waals surface area contributed by atoms with Gasteiger partial charge in [-0.2, -0.15) is 0 Å². The molecule has 96 valence electrons. The second-order valence-electron chi connectivity index (χ2n) is 4.34. The second kappa shape index (κ2) is 4.97. The van der Waals surface area contributed by atoms with Crippen molar-refractivity contribution in [2.45, 2.75) is 32.0 Å². The van der Waals surface area contributed by atoms with Gasteiger partial charge in [0.15, 0.2) is 10.8 Å². The third-order valence-electron chi connectivity index (χ3n) is 2.59. The average Bonchev–Trinajstić information content (AvgIpc) is 2.66. The summed E-state index contributed by atoms with van der Waals surface area (Å²) in [7, 11) is 0. The van der Waals surface area contributed by atoms with E-state index in [1.165, 1.54) is 11.8 Å². The molecular formula is C12H15N3O2S. The summed E-state index contributed by atoms with van der Waals surface area (Å²) < 4.78 is 1.98. The van der Waals surface area contributed by atoms with Crippen molar-refractivity contribution >= 4 is 28.9 Å². The van der Waals surface area contributed by atoms with Gasteiger partial charge in [-0.1, -0.05) is 11.8 Å². The van der Waals surface area contributed by atoms with Crippen LogP contribution in [0.5, 0.6) is 0 Å². The van der Waals surface area contributed by atoms with Gasteiger partial charge >= 0.3 is 5.97 Å². The van der Waals surface area contributed by atoms with Gasteiger partial charge in [-0.25, -0.2) is 9.97 Å². The minimum Gasteiger partial charge on any atom is -0.481 e. The van der Waals surface area contributed by atoms with Crippen LogP contribution in [0.25, 0.3) is 11.2 Å². The first-order valence-electron chi connectivity index (χ1n) is 5.69. The van der Waals surface area contributed by atoms with Crippen molar-refractivity contribution in [1.82, 2.24) is 14.5 Å². The Bertz CT molecular complexity index is 592. The molecule has 0 unspecified atom stereocenters. The molecule has 2 heterocycles. The lowest BCUT2D eigenvalue weighted by atomic mass is 10.3. The fourth-order valence-electron chi connectivity index (χ4n) is 1.78. The van der Waals surface area contributed by atoms with Crippen molar-refractivity contribution in [2.24, 2.45) is 0 Å². The predicted octanol–water partition coefficient (Wildman–Crippen LogP) is 2.50. The summed E-state index contributed by atoms with van der Waals surface area (Å²) >= 11 is 1.23. The maximum Gasteiger partial charge on any atom is 0.313 e. The zero-order valence-electron chi connectivity index (χ0n) is 10.5. The number of carboxylic acid groups (broad SMARTS) is 1. The largest absolute Gasteiger partial charge is 0.481 e. The highest BCUT2D eigenvalue weighted by Crippen LogP contribution is 2.27. The predicted molar refractivity (Wildman–Crippen MR) is 71.0 cm³/mol. The topological polar surface area (TPSA) is 68.0 Å². The third kappa shape index (κ3) is 2.33. The molecule has 0 atom stereocenters. The van der Waals surface area contributed by atoms with Gasteiger partial charge in [-0.05, 0) is 32.4 Å². The van der Waals surface area contributed by atoms with Crippen LogP contribution in [0.4, 0.5) is 0 Å². The lowest BCUT2D eigenvalue weighted by Crippen LogP contribution is -2.05. The molecule has 0 bridgehead atoms. The highest BCUT2D eigenvalue weighted by atomic mass is 32.2. The molecule has 0 amide bonds. The second-order valence-corrected chi connectivity index (χ2v) is 5.28. The SMILES string of the molecule is Cc1ccnc2c1nc(SCC(=O)O)n2C(C)C. The quantitative estimate of drug-likeness (QED) is 0.860. The van der Waals surface area contributed by atoms with E-state index in [0.717, 1.165) is 16.7 Å². The summed E-state index contributed by atoms with van der Waals surface area (Å²) in [4.78, 5) is 19.5. The number of fused-ring (bicyclic) bond motifs is 1. The van der Waals surface area contributed by atoms with Crippen molar-refractivity contribution in [2.75, 3.05) is 5.75 Å². The van der Waals surface area contributed by atoms with Crippen LogP contribution in [0.1, 0.15) is 25.5 Å². The molecule has 0 aliphatic heterocycles. The summed E-state index contributed by atoms with van der Waals surface area (Å²) in [5.41, 5.74) is 2.72. The smallest absolute Gasteiger partial charge is 0.313 e. The van der Waals surface area contributed by atoms with Crippen molar-refractivity contribution in [3.05, 3.63) is 17.8 Å². The Balaban J connectivity index is 2.54. The number of thioether (sulfide) groups is 1. The summed E-state index contributed by atoms with van der Waals surface area (Å²) in [6.45, 7) is 6.05. The summed E-state index contributed by atoms with van der Waals surface area (Å²) in [5.74, 6) is -0.832.